The van der Waals surface area contributed by atoms with Crippen molar-refractivity contribution in [2.75, 3.05) is 32.7 Å². The van der Waals surface area contributed by atoms with Crippen molar-refractivity contribution in [3.8, 4) is 0 Å². The van der Waals surface area contributed by atoms with Crippen LogP contribution in [-0.2, 0) is 9.53 Å². The smallest absolute Gasteiger partial charge is 0.228 e. The Balaban J connectivity index is 1.40. The number of hydrogen-bond donors (Lipinski definition) is 0. The van der Waals surface area contributed by atoms with Gasteiger partial charge in [-0.3, -0.25) is 9.69 Å². The summed E-state index contributed by atoms with van der Waals surface area (Å²) in [6, 6.07) is 0. The maximum Gasteiger partial charge on any atom is 0.228 e. The SMILES string of the molecule is O=C([C@H]1C[C@H]2CN(CC3CC3)C[C@H]1O2)N1CCCC1. The molecule has 1 amide bonds. The third-order valence-corrected chi connectivity index (χ3v) is 5.18. The predicted octanol–water partition coefficient (Wildman–Crippen LogP) is 1.11. The summed E-state index contributed by atoms with van der Waals surface area (Å²) >= 11 is 0. The molecule has 2 bridgehead atoms. The molecular weight excluding hydrogens is 240 g/mol. The van der Waals surface area contributed by atoms with Crippen molar-refractivity contribution in [2.24, 2.45) is 11.8 Å². The number of amides is 1. The molecule has 106 valence electrons. The van der Waals surface area contributed by atoms with E-state index in [1.54, 1.807) is 0 Å². The summed E-state index contributed by atoms with van der Waals surface area (Å²) in [6.45, 7) is 5.21. The number of nitrogens with zero attached hydrogens (tertiary/aromatic N) is 2. The number of carbonyl (C=O) groups is 1. The van der Waals surface area contributed by atoms with Crippen molar-refractivity contribution >= 4 is 5.91 Å². The van der Waals surface area contributed by atoms with Gasteiger partial charge < -0.3 is 9.64 Å². The van der Waals surface area contributed by atoms with E-state index in [1.807, 2.05) is 0 Å². The average molecular weight is 264 g/mol. The van der Waals surface area contributed by atoms with E-state index in [4.69, 9.17) is 4.74 Å². The molecule has 3 heterocycles. The standard InChI is InChI=1S/C15H24N2O2/c18-15(17-5-1-2-6-17)13-7-12-9-16(8-11-3-4-11)10-14(13)19-12/h11-14H,1-10H2/t12-,13-,14+/m0/s1. The van der Waals surface area contributed by atoms with Gasteiger partial charge in [0.15, 0.2) is 0 Å². The van der Waals surface area contributed by atoms with Crippen LogP contribution in [0.3, 0.4) is 0 Å². The molecule has 19 heavy (non-hydrogen) atoms. The van der Waals surface area contributed by atoms with E-state index in [9.17, 15) is 4.79 Å². The van der Waals surface area contributed by atoms with Crippen molar-refractivity contribution in [3.05, 3.63) is 0 Å². The molecule has 4 rings (SSSR count). The minimum atomic E-state index is 0.146. The largest absolute Gasteiger partial charge is 0.371 e. The van der Waals surface area contributed by atoms with E-state index in [0.717, 1.165) is 38.5 Å². The molecule has 0 unspecified atom stereocenters. The fraction of sp³-hybridized carbons (Fsp3) is 0.933. The molecule has 0 N–H and O–H groups in total. The van der Waals surface area contributed by atoms with Crippen LogP contribution in [0.2, 0.25) is 0 Å². The predicted molar refractivity (Wildman–Crippen MR) is 71.7 cm³/mol. The topological polar surface area (TPSA) is 32.8 Å². The second-order valence-corrected chi connectivity index (χ2v) is 6.83. The van der Waals surface area contributed by atoms with Crippen LogP contribution in [-0.4, -0.2) is 60.6 Å². The van der Waals surface area contributed by atoms with Crippen molar-refractivity contribution in [1.82, 2.24) is 9.80 Å². The highest BCUT2D eigenvalue weighted by atomic mass is 16.5. The van der Waals surface area contributed by atoms with Gasteiger partial charge in [0.2, 0.25) is 5.91 Å². The van der Waals surface area contributed by atoms with Crippen LogP contribution in [0.5, 0.6) is 0 Å². The zero-order valence-corrected chi connectivity index (χ0v) is 11.6. The molecule has 3 atom stereocenters. The highest BCUT2D eigenvalue weighted by molar-refractivity contribution is 5.80. The summed E-state index contributed by atoms with van der Waals surface area (Å²) in [6.07, 6.45) is 6.62. The van der Waals surface area contributed by atoms with E-state index < -0.39 is 0 Å². The molecule has 4 heteroatoms. The highest BCUT2D eigenvalue weighted by Crippen LogP contribution is 2.36. The zero-order chi connectivity index (χ0) is 12.8. The van der Waals surface area contributed by atoms with Gasteiger partial charge in [0.1, 0.15) is 0 Å². The normalized spacial score (nSPS) is 38.9. The van der Waals surface area contributed by atoms with Gasteiger partial charge in [0.25, 0.3) is 0 Å². The molecule has 4 aliphatic rings. The summed E-state index contributed by atoms with van der Waals surface area (Å²) in [7, 11) is 0. The first-order chi connectivity index (χ1) is 9.29. The van der Waals surface area contributed by atoms with Crippen molar-refractivity contribution in [2.45, 2.75) is 44.3 Å². The molecule has 3 aliphatic heterocycles. The van der Waals surface area contributed by atoms with Crippen LogP contribution in [0.25, 0.3) is 0 Å². The van der Waals surface area contributed by atoms with E-state index in [0.29, 0.717) is 12.0 Å². The lowest BCUT2D eigenvalue weighted by molar-refractivity contribution is -0.137. The minimum absolute atomic E-state index is 0.146. The van der Waals surface area contributed by atoms with Crippen LogP contribution in [0.15, 0.2) is 0 Å². The van der Waals surface area contributed by atoms with E-state index in [1.165, 1.54) is 32.2 Å². The summed E-state index contributed by atoms with van der Waals surface area (Å²) in [5.74, 6) is 1.45. The third kappa shape index (κ3) is 2.40. The number of likely N-dealkylation sites (tertiary alicyclic amines) is 2. The molecule has 0 aromatic heterocycles. The Hall–Kier alpha value is -0.610. The van der Waals surface area contributed by atoms with Crippen LogP contribution in [0.4, 0.5) is 0 Å². The maximum atomic E-state index is 12.6. The lowest BCUT2D eigenvalue weighted by Gasteiger charge is -2.33. The lowest BCUT2D eigenvalue weighted by atomic mass is 9.99. The van der Waals surface area contributed by atoms with Crippen LogP contribution in [0, 0.1) is 11.8 Å². The summed E-state index contributed by atoms with van der Waals surface area (Å²) in [5.41, 5.74) is 0. The number of ether oxygens (including phenoxy) is 1. The maximum absolute atomic E-state index is 12.6. The Kier molecular flexibility index (Phi) is 3.03. The quantitative estimate of drug-likeness (QED) is 0.765. The first-order valence-electron chi connectivity index (χ1n) is 7.96. The Morgan fingerprint density at radius 3 is 2.68 bits per heavy atom. The molecule has 1 saturated carbocycles. The van der Waals surface area contributed by atoms with Gasteiger partial charge in [-0.05, 0) is 38.0 Å². The third-order valence-electron chi connectivity index (χ3n) is 5.18. The Morgan fingerprint density at radius 2 is 1.95 bits per heavy atom. The van der Waals surface area contributed by atoms with Gasteiger partial charge in [-0.25, -0.2) is 0 Å². The van der Waals surface area contributed by atoms with Gasteiger partial charge in [-0.15, -0.1) is 0 Å². The van der Waals surface area contributed by atoms with Crippen molar-refractivity contribution < 1.29 is 9.53 Å². The molecule has 0 spiro atoms. The van der Waals surface area contributed by atoms with Crippen LogP contribution < -0.4 is 0 Å². The Morgan fingerprint density at radius 1 is 1.16 bits per heavy atom. The van der Waals surface area contributed by atoms with Gasteiger partial charge in [0, 0.05) is 32.7 Å². The monoisotopic (exact) mass is 264 g/mol. The van der Waals surface area contributed by atoms with Gasteiger partial charge in [-0.2, -0.15) is 0 Å². The van der Waals surface area contributed by atoms with Gasteiger partial charge in [-0.1, -0.05) is 0 Å². The number of hydrogen-bond acceptors (Lipinski definition) is 3. The minimum Gasteiger partial charge on any atom is -0.371 e. The number of carbonyl (C=O) groups excluding carboxylic acids is 1. The lowest BCUT2D eigenvalue weighted by Crippen LogP contribution is -2.46. The van der Waals surface area contributed by atoms with Gasteiger partial charge >= 0.3 is 0 Å². The number of morpholine rings is 1. The van der Waals surface area contributed by atoms with Gasteiger partial charge in [0.05, 0.1) is 18.1 Å². The van der Waals surface area contributed by atoms with E-state index in [-0.39, 0.29) is 12.0 Å². The number of fused-ring (bicyclic) bond motifs is 2. The summed E-state index contributed by atoms with van der Waals surface area (Å²) in [5, 5.41) is 0. The Labute approximate surface area is 115 Å². The molecule has 4 fully saturated rings. The summed E-state index contributed by atoms with van der Waals surface area (Å²) in [4.78, 5) is 17.2. The van der Waals surface area contributed by atoms with E-state index >= 15 is 0 Å². The second kappa shape index (κ2) is 4.74. The van der Waals surface area contributed by atoms with Crippen LogP contribution >= 0.6 is 0 Å². The zero-order valence-electron chi connectivity index (χ0n) is 11.6. The molecule has 3 saturated heterocycles. The van der Waals surface area contributed by atoms with Crippen molar-refractivity contribution in [1.29, 1.82) is 0 Å². The van der Waals surface area contributed by atoms with E-state index in [2.05, 4.69) is 9.80 Å². The molecule has 0 aromatic carbocycles. The number of rotatable bonds is 3. The summed E-state index contributed by atoms with van der Waals surface area (Å²) < 4.78 is 6.03. The molecule has 4 nitrogen and oxygen atoms in total. The second-order valence-electron chi connectivity index (χ2n) is 6.83. The Bertz CT molecular complexity index is 363. The fourth-order valence-corrected chi connectivity index (χ4v) is 3.98. The average Bonchev–Trinajstić information content (AvgIpc) is 2.95. The van der Waals surface area contributed by atoms with Crippen LogP contribution in [0.1, 0.15) is 32.1 Å². The molecule has 0 radical (unpaired) electrons. The first-order valence-corrected chi connectivity index (χ1v) is 7.96. The molecule has 0 aromatic rings. The first kappa shape index (κ1) is 12.2. The molecular formula is C15H24N2O2. The fourth-order valence-electron chi connectivity index (χ4n) is 3.98. The highest BCUT2D eigenvalue weighted by Gasteiger charge is 2.46. The molecule has 1 aliphatic carbocycles. The van der Waals surface area contributed by atoms with Crippen molar-refractivity contribution in [3.63, 3.8) is 0 Å².